The lowest BCUT2D eigenvalue weighted by Gasteiger charge is -2.11. The van der Waals surface area contributed by atoms with Crippen LogP contribution in [0.5, 0.6) is 0 Å². The van der Waals surface area contributed by atoms with E-state index in [1.807, 2.05) is 25.1 Å². The van der Waals surface area contributed by atoms with E-state index < -0.39 is 0 Å². The van der Waals surface area contributed by atoms with E-state index in [9.17, 15) is 9.18 Å². The normalized spacial score (nSPS) is 10.3. The number of nitrogens with one attached hydrogen (secondary N) is 1. The van der Waals surface area contributed by atoms with Crippen LogP contribution in [-0.4, -0.2) is 5.91 Å². The number of carbonyl (C=O) groups excluding carboxylic acids is 1. The van der Waals surface area contributed by atoms with Gasteiger partial charge >= 0.3 is 0 Å². The van der Waals surface area contributed by atoms with E-state index in [1.165, 1.54) is 6.07 Å². The molecule has 2 rings (SSSR count). The van der Waals surface area contributed by atoms with Gasteiger partial charge in [-0.1, -0.05) is 18.2 Å². The molecule has 0 atom stereocenters. The van der Waals surface area contributed by atoms with Crippen LogP contribution in [0, 0.1) is 19.7 Å². The maximum absolute atomic E-state index is 13.3. The Morgan fingerprint density at radius 1 is 1.16 bits per heavy atom. The lowest BCUT2D eigenvalue weighted by Crippen LogP contribution is -2.14. The first-order chi connectivity index (χ1) is 8.99. The third-order valence-electron chi connectivity index (χ3n) is 2.91. The molecule has 19 heavy (non-hydrogen) atoms. The monoisotopic (exact) mass is 321 g/mol. The van der Waals surface area contributed by atoms with Crippen molar-refractivity contribution in [3.8, 4) is 0 Å². The van der Waals surface area contributed by atoms with Gasteiger partial charge in [-0.05, 0) is 59.1 Å². The summed E-state index contributed by atoms with van der Waals surface area (Å²) < 4.78 is 13.7. The number of carbonyl (C=O) groups is 1. The Morgan fingerprint density at radius 3 is 2.53 bits per heavy atom. The topological polar surface area (TPSA) is 29.1 Å². The van der Waals surface area contributed by atoms with Gasteiger partial charge in [0.15, 0.2) is 0 Å². The van der Waals surface area contributed by atoms with E-state index in [-0.39, 0.29) is 11.7 Å². The SMILES string of the molecule is Cc1cc(F)c(Br)cc1NC(=O)c1ccccc1C. The molecule has 0 saturated carbocycles. The molecule has 0 radical (unpaired) electrons. The fourth-order valence-corrected chi connectivity index (χ4v) is 2.14. The molecule has 0 aromatic heterocycles. The second kappa shape index (κ2) is 5.53. The molecule has 2 aromatic carbocycles. The molecule has 1 amide bonds. The van der Waals surface area contributed by atoms with Crippen LogP contribution in [0.1, 0.15) is 21.5 Å². The fraction of sp³-hybridized carbons (Fsp3) is 0.133. The predicted octanol–water partition coefficient (Wildman–Crippen LogP) is 4.46. The van der Waals surface area contributed by atoms with Crippen LogP contribution in [0.25, 0.3) is 0 Å². The highest BCUT2D eigenvalue weighted by molar-refractivity contribution is 9.10. The zero-order valence-corrected chi connectivity index (χ0v) is 12.2. The minimum atomic E-state index is -0.341. The molecule has 0 spiro atoms. The third kappa shape index (κ3) is 3.01. The van der Waals surface area contributed by atoms with Crippen LogP contribution in [0.4, 0.5) is 10.1 Å². The Hall–Kier alpha value is -1.68. The summed E-state index contributed by atoms with van der Waals surface area (Å²) in [5, 5.41) is 2.80. The van der Waals surface area contributed by atoms with Crippen molar-refractivity contribution in [3.63, 3.8) is 0 Å². The van der Waals surface area contributed by atoms with E-state index in [4.69, 9.17) is 0 Å². The van der Waals surface area contributed by atoms with E-state index >= 15 is 0 Å². The number of anilines is 1. The van der Waals surface area contributed by atoms with Gasteiger partial charge in [0.1, 0.15) is 5.82 Å². The number of hydrogen-bond acceptors (Lipinski definition) is 1. The maximum Gasteiger partial charge on any atom is 0.255 e. The Balaban J connectivity index is 2.30. The molecule has 0 heterocycles. The molecule has 0 fully saturated rings. The molecule has 0 saturated heterocycles. The molecule has 0 aliphatic heterocycles. The zero-order chi connectivity index (χ0) is 14.0. The van der Waals surface area contributed by atoms with Gasteiger partial charge in [0.2, 0.25) is 0 Å². The van der Waals surface area contributed by atoms with E-state index in [0.717, 1.165) is 5.56 Å². The highest BCUT2D eigenvalue weighted by Crippen LogP contribution is 2.24. The molecule has 0 unspecified atom stereocenters. The number of benzene rings is 2. The molecule has 0 bridgehead atoms. The molecule has 0 aliphatic rings. The van der Waals surface area contributed by atoms with Gasteiger partial charge in [0.25, 0.3) is 5.91 Å². The number of rotatable bonds is 2. The van der Waals surface area contributed by atoms with Crippen LogP contribution >= 0.6 is 15.9 Å². The summed E-state index contributed by atoms with van der Waals surface area (Å²) in [6, 6.07) is 10.3. The maximum atomic E-state index is 13.3. The van der Waals surface area contributed by atoms with Crippen molar-refractivity contribution in [2.75, 3.05) is 5.32 Å². The summed E-state index contributed by atoms with van der Waals surface area (Å²) in [6.07, 6.45) is 0. The van der Waals surface area contributed by atoms with Crippen LogP contribution in [0.3, 0.4) is 0 Å². The molecule has 2 nitrogen and oxygen atoms in total. The van der Waals surface area contributed by atoms with Crippen LogP contribution in [0.15, 0.2) is 40.9 Å². The quantitative estimate of drug-likeness (QED) is 0.869. The van der Waals surface area contributed by atoms with Gasteiger partial charge in [-0.2, -0.15) is 0 Å². The van der Waals surface area contributed by atoms with Crippen molar-refractivity contribution < 1.29 is 9.18 Å². The van der Waals surface area contributed by atoms with Crippen molar-refractivity contribution in [2.24, 2.45) is 0 Å². The minimum absolute atomic E-state index is 0.195. The summed E-state index contributed by atoms with van der Waals surface area (Å²) in [6.45, 7) is 3.63. The van der Waals surface area contributed by atoms with E-state index in [0.29, 0.717) is 21.3 Å². The van der Waals surface area contributed by atoms with E-state index in [2.05, 4.69) is 21.2 Å². The number of aryl methyl sites for hydroxylation is 2. The summed E-state index contributed by atoms with van der Waals surface area (Å²) >= 11 is 3.11. The number of amides is 1. The Bertz CT molecular complexity index is 640. The van der Waals surface area contributed by atoms with Crippen LogP contribution < -0.4 is 5.32 Å². The average Bonchev–Trinajstić information content (AvgIpc) is 2.36. The third-order valence-corrected chi connectivity index (χ3v) is 3.51. The van der Waals surface area contributed by atoms with Gasteiger partial charge in [-0.3, -0.25) is 4.79 Å². The standard InChI is InChI=1S/C15H13BrFNO/c1-9-5-3-4-6-11(9)15(19)18-14-8-12(16)13(17)7-10(14)2/h3-8H,1-2H3,(H,18,19). The Kier molecular flexibility index (Phi) is 4.00. The van der Waals surface area contributed by atoms with Crippen molar-refractivity contribution in [1.29, 1.82) is 0 Å². The number of hydrogen-bond donors (Lipinski definition) is 1. The van der Waals surface area contributed by atoms with Gasteiger partial charge in [-0.25, -0.2) is 4.39 Å². The van der Waals surface area contributed by atoms with Crippen LogP contribution in [-0.2, 0) is 0 Å². The molecule has 0 aliphatic carbocycles. The Labute approximate surface area is 119 Å². The first-order valence-corrected chi connectivity index (χ1v) is 6.61. The highest BCUT2D eigenvalue weighted by Gasteiger charge is 2.11. The van der Waals surface area contributed by atoms with Crippen molar-refractivity contribution >= 4 is 27.5 Å². The second-order valence-electron chi connectivity index (χ2n) is 4.35. The van der Waals surface area contributed by atoms with Gasteiger partial charge < -0.3 is 5.32 Å². The van der Waals surface area contributed by atoms with Gasteiger partial charge in [0.05, 0.1) is 4.47 Å². The molecular weight excluding hydrogens is 309 g/mol. The predicted molar refractivity (Wildman–Crippen MR) is 78.0 cm³/mol. The lowest BCUT2D eigenvalue weighted by atomic mass is 10.1. The summed E-state index contributed by atoms with van der Waals surface area (Å²) in [4.78, 5) is 12.2. The lowest BCUT2D eigenvalue weighted by molar-refractivity contribution is 0.102. The summed E-state index contributed by atoms with van der Waals surface area (Å²) in [5.74, 6) is -0.536. The van der Waals surface area contributed by atoms with Gasteiger partial charge in [0, 0.05) is 11.3 Å². The number of halogens is 2. The largest absolute Gasteiger partial charge is 0.322 e. The zero-order valence-electron chi connectivity index (χ0n) is 10.6. The van der Waals surface area contributed by atoms with Crippen LogP contribution in [0.2, 0.25) is 0 Å². The van der Waals surface area contributed by atoms with Crippen molar-refractivity contribution in [2.45, 2.75) is 13.8 Å². The smallest absolute Gasteiger partial charge is 0.255 e. The molecular formula is C15H13BrFNO. The molecule has 4 heteroatoms. The first-order valence-electron chi connectivity index (χ1n) is 5.81. The van der Waals surface area contributed by atoms with Crippen molar-refractivity contribution in [1.82, 2.24) is 0 Å². The second-order valence-corrected chi connectivity index (χ2v) is 5.20. The van der Waals surface area contributed by atoms with E-state index in [1.54, 1.807) is 19.1 Å². The first kappa shape index (κ1) is 13.7. The Morgan fingerprint density at radius 2 is 1.84 bits per heavy atom. The summed E-state index contributed by atoms with van der Waals surface area (Å²) in [7, 11) is 0. The average molecular weight is 322 g/mol. The molecule has 98 valence electrons. The minimum Gasteiger partial charge on any atom is -0.322 e. The van der Waals surface area contributed by atoms with Crippen molar-refractivity contribution in [3.05, 3.63) is 63.4 Å². The fourth-order valence-electron chi connectivity index (χ4n) is 1.80. The highest BCUT2D eigenvalue weighted by atomic mass is 79.9. The molecule has 2 aromatic rings. The van der Waals surface area contributed by atoms with Gasteiger partial charge in [-0.15, -0.1) is 0 Å². The summed E-state index contributed by atoms with van der Waals surface area (Å²) in [5.41, 5.74) is 2.80. The molecule has 1 N–H and O–H groups in total.